The van der Waals surface area contributed by atoms with Crippen molar-refractivity contribution in [2.45, 2.75) is 32.2 Å². The van der Waals surface area contributed by atoms with E-state index >= 15 is 0 Å². The number of nitrogens with zero attached hydrogens (tertiary/aromatic N) is 1. The molecule has 0 bridgehead atoms. The molecule has 0 saturated carbocycles. The predicted octanol–water partition coefficient (Wildman–Crippen LogP) is 4.32. The smallest absolute Gasteiger partial charge is 0.319 e. The minimum Gasteiger partial charge on any atom is -0.336 e. The third-order valence-corrected chi connectivity index (χ3v) is 5.31. The van der Waals surface area contributed by atoms with Gasteiger partial charge < -0.3 is 20.9 Å². The molecule has 0 spiro atoms. The maximum Gasteiger partial charge on any atom is 0.319 e. The first-order valence-corrected chi connectivity index (χ1v) is 9.69. The third-order valence-electron chi connectivity index (χ3n) is 5.31. The Morgan fingerprint density at radius 2 is 1.59 bits per heavy atom. The van der Waals surface area contributed by atoms with Gasteiger partial charge >= 0.3 is 6.03 Å². The van der Waals surface area contributed by atoms with Crippen molar-refractivity contribution in [3.63, 3.8) is 0 Å². The van der Waals surface area contributed by atoms with E-state index in [1.807, 2.05) is 14.1 Å². The Morgan fingerprint density at radius 3 is 2.17 bits per heavy atom. The highest BCUT2D eigenvalue weighted by molar-refractivity contribution is 6.05. The van der Waals surface area contributed by atoms with Crippen LogP contribution < -0.4 is 16.0 Å². The molecule has 156 valence electrons. The number of halogens is 1. The second kappa shape index (κ2) is 10.0. The van der Waals surface area contributed by atoms with E-state index in [-0.39, 0.29) is 17.5 Å². The number of rotatable bonds is 8. The first-order valence-electron chi connectivity index (χ1n) is 9.69. The molecule has 6 nitrogen and oxygen atoms in total. The number of amides is 3. The lowest BCUT2D eigenvalue weighted by Gasteiger charge is -2.38. The maximum absolute atomic E-state index is 13.3. The van der Waals surface area contributed by atoms with Crippen LogP contribution in [-0.2, 0) is 0 Å². The van der Waals surface area contributed by atoms with Crippen LogP contribution in [0.3, 0.4) is 0 Å². The van der Waals surface area contributed by atoms with E-state index in [2.05, 4.69) is 34.7 Å². The van der Waals surface area contributed by atoms with Crippen molar-refractivity contribution in [3.8, 4) is 0 Å². The van der Waals surface area contributed by atoms with Crippen LogP contribution >= 0.6 is 0 Å². The fraction of sp³-hybridized carbons (Fsp3) is 0.364. The van der Waals surface area contributed by atoms with Gasteiger partial charge in [0.05, 0.1) is 0 Å². The van der Waals surface area contributed by atoms with Gasteiger partial charge in [0.25, 0.3) is 5.91 Å². The van der Waals surface area contributed by atoms with Crippen LogP contribution in [0.25, 0.3) is 0 Å². The highest BCUT2D eigenvalue weighted by atomic mass is 19.1. The summed E-state index contributed by atoms with van der Waals surface area (Å²) < 4.78 is 13.3. The fourth-order valence-corrected chi connectivity index (χ4v) is 3.22. The lowest BCUT2D eigenvalue weighted by atomic mass is 9.91. The van der Waals surface area contributed by atoms with E-state index < -0.39 is 5.82 Å². The zero-order chi connectivity index (χ0) is 21.4. The normalized spacial score (nSPS) is 11.2. The summed E-state index contributed by atoms with van der Waals surface area (Å²) in [5.41, 5.74) is 1.12. The van der Waals surface area contributed by atoms with Gasteiger partial charge in [-0.05, 0) is 63.3 Å². The van der Waals surface area contributed by atoms with Gasteiger partial charge in [0.1, 0.15) is 5.82 Å². The molecule has 0 aliphatic carbocycles. The van der Waals surface area contributed by atoms with E-state index in [1.165, 1.54) is 18.2 Å². The molecule has 0 heterocycles. The topological polar surface area (TPSA) is 73.5 Å². The Morgan fingerprint density at radius 1 is 0.966 bits per heavy atom. The molecular weight excluding hydrogens is 371 g/mol. The molecule has 7 heteroatoms. The van der Waals surface area contributed by atoms with E-state index in [0.717, 1.165) is 12.8 Å². The molecule has 3 N–H and O–H groups in total. The molecule has 0 aliphatic heterocycles. The van der Waals surface area contributed by atoms with Crippen LogP contribution in [0.15, 0.2) is 48.5 Å². The monoisotopic (exact) mass is 400 g/mol. The molecule has 3 amide bonds. The predicted molar refractivity (Wildman–Crippen MR) is 115 cm³/mol. The highest BCUT2D eigenvalue weighted by Gasteiger charge is 2.29. The average molecular weight is 400 g/mol. The molecular formula is C22H29FN4O2. The number of likely N-dealkylation sites (N-methyl/N-ethyl adjacent to an activating group) is 1. The van der Waals surface area contributed by atoms with Gasteiger partial charge in [-0.25, -0.2) is 9.18 Å². The zero-order valence-electron chi connectivity index (χ0n) is 17.4. The Bertz CT molecular complexity index is 850. The van der Waals surface area contributed by atoms with Crippen molar-refractivity contribution in [2.24, 2.45) is 0 Å². The molecule has 0 atom stereocenters. The summed E-state index contributed by atoms with van der Waals surface area (Å²) in [4.78, 5) is 26.9. The lowest BCUT2D eigenvalue weighted by molar-refractivity contribution is 0.102. The Labute approximate surface area is 171 Å². The minimum absolute atomic E-state index is 0.107. The second-order valence-electron chi connectivity index (χ2n) is 7.18. The van der Waals surface area contributed by atoms with Gasteiger partial charge in [-0.15, -0.1) is 0 Å². The van der Waals surface area contributed by atoms with Gasteiger partial charge in [-0.1, -0.05) is 26.0 Å². The Kier molecular flexibility index (Phi) is 7.73. The summed E-state index contributed by atoms with van der Waals surface area (Å²) in [6.07, 6.45) is 1.82. The van der Waals surface area contributed by atoms with Crippen LogP contribution in [0.4, 0.5) is 20.6 Å². The van der Waals surface area contributed by atoms with Gasteiger partial charge in [0.15, 0.2) is 0 Å². The van der Waals surface area contributed by atoms with Crippen molar-refractivity contribution >= 4 is 23.3 Å². The number of benzene rings is 2. The van der Waals surface area contributed by atoms with E-state index in [1.54, 1.807) is 30.3 Å². The summed E-state index contributed by atoms with van der Waals surface area (Å²) in [5, 5.41) is 8.32. The standard InChI is InChI=1S/C22H29FN4O2/c1-5-22(6-2,27(3)4)15-24-21(29)26-18-11-7-9-16(13-18)20(28)25-19-12-8-10-17(23)14-19/h7-14H,5-6,15H2,1-4H3,(H,25,28)(H2,24,26,29). The molecule has 0 fully saturated rings. The number of hydrogen-bond donors (Lipinski definition) is 3. The van der Waals surface area contributed by atoms with Crippen molar-refractivity contribution in [1.29, 1.82) is 0 Å². The lowest BCUT2D eigenvalue weighted by Crippen LogP contribution is -2.52. The van der Waals surface area contributed by atoms with Crippen LogP contribution in [0.2, 0.25) is 0 Å². The van der Waals surface area contributed by atoms with E-state index in [9.17, 15) is 14.0 Å². The first-order chi connectivity index (χ1) is 13.8. The van der Waals surface area contributed by atoms with E-state index in [0.29, 0.717) is 23.5 Å². The van der Waals surface area contributed by atoms with Crippen molar-refractivity contribution < 1.29 is 14.0 Å². The van der Waals surface area contributed by atoms with Crippen molar-refractivity contribution in [1.82, 2.24) is 10.2 Å². The maximum atomic E-state index is 13.3. The van der Waals surface area contributed by atoms with Gasteiger partial charge in [0, 0.05) is 29.0 Å². The molecule has 0 aromatic heterocycles. The SMILES string of the molecule is CCC(CC)(CNC(=O)Nc1cccc(C(=O)Nc2cccc(F)c2)c1)N(C)C. The number of nitrogens with one attached hydrogen (secondary N) is 3. The summed E-state index contributed by atoms with van der Waals surface area (Å²) in [6.45, 7) is 4.71. The summed E-state index contributed by atoms with van der Waals surface area (Å²) >= 11 is 0. The average Bonchev–Trinajstić information content (AvgIpc) is 2.69. The van der Waals surface area contributed by atoms with Crippen molar-refractivity contribution in [3.05, 3.63) is 59.9 Å². The second-order valence-corrected chi connectivity index (χ2v) is 7.18. The Hall–Kier alpha value is -2.93. The zero-order valence-corrected chi connectivity index (χ0v) is 17.4. The fourth-order valence-electron chi connectivity index (χ4n) is 3.22. The number of hydrogen-bond acceptors (Lipinski definition) is 3. The van der Waals surface area contributed by atoms with Crippen LogP contribution in [0, 0.1) is 5.82 Å². The molecule has 0 radical (unpaired) electrons. The summed E-state index contributed by atoms with van der Waals surface area (Å²) in [6, 6.07) is 11.9. The summed E-state index contributed by atoms with van der Waals surface area (Å²) in [7, 11) is 4.01. The van der Waals surface area contributed by atoms with Crippen LogP contribution in [0.1, 0.15) is 37.0 Å². The molecule has 2 aromatic rings. The van der Waals surface area contributed by atoms with Crippen LogP contribution in [0.5, 0.6) is 0 Å². The molecule has 29 heavy (non-hydrogen) atoms. The number of urea groups is 1. The largest absolute Gasteiger partial charge is 0.336 e. The highest BCUT2D eigenvalue weighted by Crippen LogP contribution is 2.20. The molecule has 2 aromatic carbocycles. The Balaban J connectivity index is 2.00. The minimum atomic E-state index is -0.428. The quantitative estimate of drug-likeness (QED) is 0.618. The van der Waals surface area contributed by atoms with Gasteiger partial charge in [-0.2, -0.15) is 0 Å². The molecule has 0 unspecified atom stereocenters. The summed E-state index contributed by atoms with van der Waals surface area (Å²) in [5.74, 6) is -0.814. The molecule has 0 aliphatic rings. The number of carbonyl (C=O) groups is 2. The first kappa shape index (κ1) is 22.4. The number of carbonyl (C=O) groups excluding carboxylic acids is 2. The molecule has 2 rings (SSSR count). The van der Waals surface area contributed by atoms with E-state index in [4.69, 9.17) is 0 Å². The van der Waals surface area contributed by atoms with Crippen LogP contribution in [-0.4, -0.2) is 43.0 Å². The van der Waals surface area contributed by atoms with Gasteiger partial charge in [-0.3, -0.25) is 4.79 Å². The number of anilines is 2. The third kappa shape index (κ3) is 6.02. The van der Waals surface area contributed by atoms with Crippen molar-refractivity contribution in [2.75, 3.05) is 31.3 Å². The molecule has 0 saturated heterocycles. The van der Waals surface area contributed by atoms with Gasteiger partial charge in [0.2, 0.25) is 0 Å².